The fourth-order valence-electron chi connectivity index (χ4n) is 4.85. The van der Waals surface area contributed by atoms with Gasteiger partial charge in [0, 0.05) is 36.2 Å². The molecule has 3 heterocycles. The van der Waals surface area contributed by atoms with E-state index < -0.39 is 6.09 Å². The third-order valence-electron chi connectivity index (χ3n) is 6.51. The number of carboxylic acid groups (broad SMARTS) is 1. The zero-order valence-electron chi connectivity index (χ0n) is 17.3. The zero-order valence-corrected chi connectivity index (χ0v) is 18.9. The van der Waals surface area contributed by atoms with Crippen molar-refractivity contribution in [3.05, 3.63) is 46.2 Å². The van der Waals surface area contributed by atoms with E-state index in [0.717, 1.165) is 61.8 Å². The van der Waals surface area contributed by atoms with Crippen LogP contribution in [0.3, 0.4) is 0 Å². The fraction of sp³-hybridized carbons (Fsp3) is 0.591. The fourth-order valence-corrected chi connectivity index (χ4v) is 5.10. The molecule has 6 nitrogen and oxygen atoms in total. The van der Waals surface area contributed by atoms with Crippen LogP contribution < -0.4 is 0 Å². The van der Waals surface area contributed by atoms with E-state index >= 15 is 0 Å². The van der Waals surface area contributed by atoms with E-state index in [1.165, 1.54) is 21.9 Å². The van der Waals surface area contributed by atoms with Crippen molar-refractivity contribution < 1.29 is 14.6 Å². The van der Waals surface area contributed by atoms with Crippen LogP contribution in [-0.4, -0.2) is 57.6 Å². The highest BCUT2D eigenvalue weighted by Gasteiger charge is 2.39. The molecule has 0 spiro atoms. The van der Waals surface area contributed by atoms with Gasteiger partial charge in [-0.2, -0.15) is 0 Å². The molecule has 4 rings (SSSR count). The highest BCUT2D eigenvalue weighted by molar-refractivity contribution is 9.09. The van der Waals surface area contributed by atoms with Crippen molar-refractivity contribution in [2.24, 2.45) is 5.92 Å². The number of hydrazine groups is 1. The molecule has 4 aliphatic rings. The van der Waals surface area contributed by atoms with Gasteiger partial charge in [0.25, 0.3) is 0 Å². The summed E-state index contributed by atoms with van der Waals surface area (Å²) >= 11 is 3.48. The van der Waals surface area contributed by atoms with Gasteiger partial charge in [-0.3, -0.25) is 5.01 Å². The second kappa shape index (κ2) is 8.46. The predicted octanol–water partition coefficient (Wildman–Crippen LogP) is 4.83. The number of rotatable bonds is 3. The first-order chi connectivity index (χ1) is 14.0. The third kappa shape index (κ3) is 3.81. The topological polar surface area (TPSA) is 56.3 Å². The van der Waals surface area contributed by atoms with Gasteiger partial charge < -0.3 is 14.7 Å². The zero-order chi connectivity index (χ0) is 20.5. The lowest BCUT2D eigenvalue weighted by Gasteiger charge is -2.30. The van der Waals surface area contributed by atoms with Gasteiger partial charge in [0.05, 0.1) is 18.5 Å². The number of fused-ring (bicyclic) bond motifs is 1. The van der Waals surface area contributed by atoms with Gasteiger partial charge in [0.2, 0.25) is 0 Å². The van der Waals surface area contributed by atoms with Crippen LogP contribution in [-0.2, 0) is 4.74 Å². The summed E-state index contributed by atoms with van der Waals surface area (Å²) in [6, 6.07) is 0. The van der Waals surface area contributed by atoms with Gasteiger partial charge >= 0.3 is 6.09 Å². The second-order valence-corrected chi connectivity index (χ2v) is 9.16. The monoisotopic (exact) mass is 463 g/mol. The number of carbonyl (C=O) groups is 1. The van der Waals surface area contributed by atoms with Crippen LogP contribution in [0.1, 0.15) is 46.0 Å². The van der Waals surface area contributed by atoms with Crippen LogP contribution in [0.4, 0.5) is 4.79 Å². The maximum absolute atomic E-state index is 12.0. The number of hydrogen-bond acceptors (Lipinski definition) is 4. The predicted molar refractivity (Wildman–Crippen MR) is 116 cm³/mol. The van der Waals surface area contributed by atoms with Crippen LogP contribution in [0.15, 0.2) is 46.2 Å². The smallest absolute Gasteiger partial charge is 0.426 e. The summed E-state index contributed by atoms with van der Waals surface area (Å²) < 4.78 is 5.89. The van der Waals surface area contributed by atoms with Crippen molar-refractivity contribution in [1.29, 1.82) is 0 Å². The molecule has 0 bridgehead atoms. The lowest BCUT2D eigenvalue weighted by Crippen LogP contribution is -2.40. The average molecular weight is 464 g/mol. The quantitative estimate of drug-likeness (QED) is 0.607. The van der Waals surface area contributed by atoms with Crippen molar-refractivity contribution in [3.63, 3.8) is 0 Å². The molecule has 29 heavy (non-hydrogen) atoms. The first-order valence-electron chi connectivity index (χ1n) is 10.6. The molecular formula is C22H30BrN3O3. The molecule has 0 saturated carbocycles. The number of ether oxygens (including phenoxy) is 1. The van der Waals surface area contributed by atoms with E-state index in [-0.39, 0.29) is 0 Å². The lowest BCUT2D eigenvalue weighted by atomic mass is 9.88. The number of amides is 1. The number of halogens is 1. The first-order valence-corrected chi connectivity index (χ1v) is 11.7. The Kier molecular flexibility index (Phi) is 5.95. The Hall–Kier alpha value is -1.89. The van der Waals surface area contributed by atoms with Crippen LogP contribution >= 0.6 is 15.9 Å². The van der Waals surface area contributed by atoms with Crippen molar-refractivity contribution >= 4 is 22.0 Å². The Balaban J connectivity index is 1.85. The number of nitrogens with zero attached hydrogens (tertiary/aromatic N) is 3. The highest BCUT2D eigenvalue weighted by atomic mass is 79.9. The summed E-state index contributed by atoms with van der Waals surface area (Å²) in [5.41, 5.74) is 7.48. The maximum Gasteiger partial charge on any atom is 0.426 e. The van der Waals surface area contributed by atoms with Gasteiger partial charge in [-0.15, -0.1) is 0 Å². The van der Waals surface area contributed by atoms with E-state index in [1.807, 2.05) is 11.3 Å². The lowest BCUT2D eigenvalue weighted by molar-refractivity contribution is 0.0481. The highest BCUT2D eigenvalue weighted by Crippen LogP contribution is 2.44. The summed E-state index contributed by atoms with van der Waals surface area (Å²) in [5, 5.41) is 14.0. The molecule has 7 heteroatoms. The molecule has 3 aliphatic heterocycles. The Morgan fingerprint density at radius 2 is 2.10 bits per heavy atom. The summed E-state index contributed by atoms with van der Waals surface area (Å²) in [7, 11) is 0. The molecular weight excluding hydrogens is 434 g/mol. The van der Waals surface area contributed by atoms with Crippen LogP contribution in [0.2, 0.25) is 0 Å². The van der Waals surface area contributed by atoms with E-state index in [1.54, 1.807) is 11.8 Å². The van der Waals surface area contributed by atoms with E-state index in [2.05, 4.69) is 34.7 Å². The molecule has 158 valence electrons. The molecule has 1 fully saturated rings. The number of hydrogen-bond donors (Lipinski definition) is 1. The van der Waals surface area contributed by atoms with Gasteiger partial charge in [-0.25, -0.2) is 9.80 Å². The minimum absolute atomic E-state index is 0.394. The van der Waals surface area contributed by atoms with Crippen LogP contribution in [0, 0.1) is 5.92 Å². The average Bonchev–Trinajstić information content (AvgIpc) is 3.27. The van der Waals surface area contributed by atoms with Crippen LogP contribution in [0.25, 0.3) is 0 Å². The van der Waals surface area contributed by atoms with Gasteiger partial charge in [-0.1, -0.05) is 22.9 Å². The van der Waals surface area contributed by atoms with E-state index in [9.17, 15) is 9.90 Å². The Bertz CT molecular complexity index is 814. The molecule has 1 aliphatic carbocycles. The molecule has 1 saturated heterocycles. The summed E-state index contributed by atoms with van der Waals surface area (Å²) in [4.78, 5) is 14.6. The maximum atomic E-state index is 12.0. The van der Waals surface area contributed by atoms with Crippen molar-refractivity contribution in [1.82, 2.24) is 14.9 Å². The van der Waals surface area contributed by atoms with Crippen molar-refractivity contribution in [3.8, 4) is 0 Å². The van der Waals surface area contributed by atoms with E-state index in [4.69, 9.17) is 4.74 Å². The summed E-state index contributed by atoms with van der Waals surface area (Å²) in [5.74, 6) is 0.409. The van der Waals surface area contributed by atoms with Gasteiger partial charge in [-0.05, 0) is 61.7 Å². The van der Waals surface area contributed by atoms with Crippen molar-refractivity contribution in [2.45, 2.75) is 46.0 Å². The molecule has 0 radical (unpaired) electrons. The standard InChI is InChI=1S/C22H30BrN3O3/c1-15-11-24-10-7-17-5-3-6-18(21(17)24)19-12-26(22(27)28)25(9-4-8-23)20(19)14-29-13-16(15)2/h13-15H,3-12H2,1-2H3,(H,27,28)/b16-13-,19-18-,20-14+. The van der Waals surface area contributed by atoms with Gasteiger partial charge in [0.1, 0.15) is 6.26 Å². The van der Waals surface area contributed by atoms with Crippen LogP contribution in [0.5, 0.6) is 0 Å². The second-order valence-electron chi connectivity index (χ2n) is 8.37. The Morgan fingerprint density at radius 3 is 2.86 bits per heavy atom. The van der Waals surface area contributed by atoms with E-state index in [0.29, 0.717) is 19.0 Å². The first kappa shape index (κ1) is 20.4. The third-order valence-corrected chi connectivity index (χ3v) is 7.07. The van der Waals surface area contributed by atoms with Crippen molar-refractivity contribution in [2.75, 3.05) is 31.5 Å². The SMILES string of the molecule is C/C1=C/O/C=C2\C(=C3\CCCC4=C3N(CC4)CC1C)CN(C(=O)O)N2CCCBr. The summed E-state index contributed by atoms with van der Waals surface area (Å²) in [6.07, 6.45) is 7.97. The Morgan fingerprint density at radius 1 is 1.28 bits per heavy atom. The molecule has 1 amide bonds. The molecule has 0 aromatic rings. The number of allylic oxidation sites excluding steroid dienone is 1. The number of alkyl halides is 1. The molecule has 1 atom stereocenters. The molecule has 0 aromatic heterocycles. The normalized spacial score (nSPS) is 30.7. The largest absolute Gasteiger partial charge is 0.470 e. The van der Waals surface area contributed by atoms with Gasteiger partial charge in [0.15, 0.2) is 0 Å². The minimum atomic E-state index is -0.915. The Labute approximate surface area is 181 Å². The molecule has 1 N–H and O–H groups in total. The molecule has 0 aromatic carbocycles. The minimum Gasteiger partial charge on any atom is -0.470 e. The molecule has 1 unspecified atom stereocenters. The summed E-state index contributed by atoms with van der Waals surface area (Å²) in [6.45, 7) is 7.44.